The zero-order chi connectivity index (χ0) is 20.3. The molecule has 0 radical (unpaired) electrons. The Labute approximate surface area is 172 Å². The predicted octanol–water partition coefficient (Wildman–Crippen LogP) is 6.58. The maximum Gasteiger partial charge on any atom is 0.123 e. The Morgan fingerprint density at radius 1 is 0.724 bits per heavy atom. The van der Waals surface area contributed by atoms with Gasteiger partial charge in [-0.1, -0.05) is 62.4 Å². The Bertz CT molecular complexity index is 1250. The molecule has 0 aliphatic heterocycles. The van der Waals surface area contributed by atoms with Crippen molar-refractivity contribution in [2.45, 2.75) is 19.3 Å². The van der Waals surface area contributed by atoms with Crippen LogP contribution in [0.25, 0.3) is 33.0 Å². The lowest BCUT2D eigenvalue weighted by atomic mass is 9.81. The van der Waals surface area contributed by atoms with Crippen LogP contribution < -0.4 is 4.90 Å². The summed E-state index contributed by atoms with van der Waals surface area (Å²) in [4.78, 5) is 2.11. The van der Waals surface area contributed by atoms with Crippen molar-refractivity contribution < 1.29 is 5.11 Å². The van der Waals surface area contributed by atoms with Gasteiger partial charge >= 0.3 is 0 Å². The number of nitrogens with zero attached hydrogens (tertiary/aromatic N) is 1. The zero-order valence-corrected chi connectivity index (χ0v) is 17.3. The normalized spacial score (nSPS) is 13.9. The van der Waals surface area contributed by atoms with Crippen molar-refractivity contribution in [3.05, 3.63) is 83.9 Å². The lowest BCUT2D eigenvalue weighted by Crippen LogP contribution is -2.15. The van der Waals surface area contributed by atoms with E-state index in [-0.39, 0.29) is 5.41 Å². The van der Waals surface area contributed by atoms with Gasteiger partial charge in [-0.3, -0.25) is 0 Å². The van der Waals surface area contributed by atoms with Crippen LogP contribution in [0.4, 0.5) is 5.69 Å². The fourth-order valence-electron chi connectivity index (χ4n) is 4.70. The van der Waals surface area contributed by atoms with Crippen molar-refractivity contribution >= 4 is 16.5 Å². The topological polar surface area (TPSA) is 23.5 Å². The van der Waals surface area contributed by atoms with Gasteiger partial charge in [0, 0.05) is 30.6 Å². The Kier molecular flexibility index (Phi) is 3.76. The third-order valence-corrected chi connectivity index (χ3v) is 6.38. The van der Waals surface area contributed by atoms with E-state index in [1.54, 1.807) is 0 Å². The van der Waals surface area contributed by atoms with Crippen LogP contribution in [-0.4, -0.2) is 19.2 Å². The molecular weight excluding hydrogens is 354 g/mol. The number of rotatable bonds is 2. The highest BCUT2D eigenvalue weighted by molar-refractivity contribution is 6.05. The van der Waals surface area contributed by atoms with Crippen LogP contribution in [0.3, 0.4) is 0 Å². The van der Waals surface area contributed by atoms with Gasteiger partial charge in [-0.05, 0) is 63.0 Å². The molecule has 0 aromatic heterocycles. The maximum absolute atomic E-state index is 10.6. The molecule has 0 saturated heterocycles. The van der Waals surface area contributed by atoms with Gasteiger partial charge in [-0.25, -0.2) is 0 Å². The van der Waals surface area contributed by atoms with Gasteiger partial charge in [0.25, 0.3) is 0 Å². The first kappa shape index (κ1) is 17.8. The minimum atomic E-state index is -0.161. The summed E-state index contributed by atoms with van der Waals surface area (Å²) in [6.07, 6.45) is 0. The van der Waals surface area contributed by atoms with Crippen molar-refractivity contribution in [1.82, 2.24) is 0 Å². The second kappa shape index (κ2) is 6.12. The summed E-state index contributed by atoms with van der Waals surface area (Å²) in [6, 6.07) is 25.6. The van der Waals surface area contributed by atoms with Crippen molar-refractivity contribution in [3.8, 4) is 28.0 Å². The van der Waals surface area contributed by atoms with Gasteiger partial charge in [0.15, 0.2) is 0 Å². The number of benzene rings is 4. The number of anilines is 1. The van der Waals surface area contributed by atoms with Crippen molar-refractivity contribution in [3.63, 3.8) is 0 Å². The monoisotopic (exact) mass is 379 g/mol. The molecule has 0 spiro atoms. The summed E-state index contributed by atoms with van der Waals surface area (Å²) in [5, 5.41) is 12.7. The van der Waals surface area contributed by atoms with E-state index in [4.69, 9.17) is 0 Å². The Balaban J connectivity index is 1.71. The molecule has 4 aromatic rings. The van der Waals surface area contributed by atoms with E-state index in [1.165, 1.54) is 39.1 Å². The first-order valence-electron chi connectivity index (χ1n) is 10.1. The molecule has 29 heavy (non-hydrogen) atoms. The largest absolute Gasteiger partial charge is 0.507 e. The van der Waals surface area contributed by atoms with Crippen molar-refractivity contribution in [1.29, 1.82) is 0 Å². The van der Waals surface area contributed by atoms with Crippen molar-refractivity contribution in [2.75, 3.05) is 19.0 Å². The fourth-order valence-corrected chi connectivity index (χ4v) is 4.70. The van der Waals surface area contributed by atoms with Crippen LogP contribution >= 0.6 is 0 Å². The van der Waals surface area contributed by atoms with E-state index in [1.807, 2.05) is 24.3 Å². The average molecular weight is 380 g/mol. The number of hydrogen-bond acceptors (Lipinski definition) is 2. The quantitative estimate of drug-likeness (QED) is 0.425. The van der Waals surface area contributed by atoms with Crippen LogP contribution in [-0.2, 0) is 5.41 Å². The summed E-state index contributed by atoms with van der Waals surface area (Å²) in [5.74, 6) is 0.361. The maximum atomic E-state index is 10.6. The second-order valence-electron chi connectivity index (χ2n) is 8.69. The van der Waals surface area contributed by atoms with Crippen LogP contribution in [0.5, 0.6) is 5.75 Å². The lowest BCUT2D eigenvalue weighted by molar-refractivity contribution is 0.479. The Morgan fingerprint density at radius 3 is 2.07 bits per heavy atom. The third kappa shape index (κ3) is 2.56. The summed E-state index contributed by atoms with van der Waals surface area (Å²) in [5.41, 5.74) is 8.53. The molecule has 0 unspecified atom stereocenters. The molecule has 2 heteroatoms. The minimum Gasteiger partial charge on any atom is -0.507 e. The fraction of sp³-hybridized carbons (Fsp3) is 0.185. The smallest absolute Gasteiger partial charge is 0.123 e. The molecule has 0 bridgehead atoms. The number of fused-ring (bicyclic) bond motifs is 5. The van der Waals surface area contributed by atoms with Gasteiger partial charge in [0.1, 0.15) is 5.75 Å². The van der Waals surface area contributed by atoms with E-state index in [0.717, 1.165) is 10.8 Å². The lowest BCUT2D eigenvalue weighted by Gasteiger charge is -2.22. The predicted molar refractivity (Wildman–Crippen MR) is 123 cm³/mol. The Hall–Kier alpha value is -3.26. The third-order valence-electron chi connectivity index (χ3n) is 6.38. The number of phenols is 1. The summed E-state index contributed by atoms with van der Waals surface area (Å²) >= 11 is 0. The van der Waals surface area contributed by atoms with Crippen LogP contribution in [0.1, 0.15) is 25.0 Å². The molecule has 4 aromatic carbocycles. The molecular formula is C27H25NO. The van der Waals surface area contributed by atoms with E-state index < -0.39 is 0 Å². The SMILES string of the molecule is CN(C)c1ccc(-c2ccc3c(c2)C(C)(C)c2cc(O)c4ccccc4c2-3)cc1. The molecule has 0 atom stereocenters. The molecule has 0 heterocycles. The van der Waals surface area contributed by atoms with Crippen LogP contribution in [0.15, 0.2) is 72.8 Å². The molecule has 1 N–H and O–H groups in total. The second-order valence-corrected chi connectivity index (χ2v) is 8.69. The van der Waals surface area contributed by atoms with E-state index >= 15 is 0 Å². The van der Waals surface area contributed by atoms with Gasteiger partial charge in [0.2, 0.25) is 0 Å². The first-order valence-corrected chi connectivity index (χ1v) is 10.1. The van der Waals surface area contributed by atoms with Gasteiger partial charge < -0.3 is 10.0 Å². The summed E-state index contributed by atoms with van der Waals surface area (Å²) < 4.78 is 0. The first-order chi connectivity index (χ1) is 13.9. The number of aromatic hydroxyl groups is 1. The summed E-state index contributed by atoms with van der Waals surface area (Å²) in [6.45, 7) is 4.51. The van der Waals surface area contributed by atoms with E-state index in [0.29, 0.717) is 5.75 Å². The summed E-state index contributed by atoms with van der Waals surface area (Å²) in [7, 11) is 4.12. The standard InChI is InChI=1S/C27H25NO/c1-27(2)23-15-18(17-9-12-19(13-10-17)28(3)4)11-14-22(23)26-21-8-6-5-7-20(21)25(29)16-24(26)27/h5-16,29H,1-4H3. The highest BCUT2D eigenvalue weighted by Gasteiger charge is 2.37. The molecule has 0 fully saturated rings. The van der Waals surface area contributed by atoms with Crippen LogP contribution in [0.2, 0.25) is 0 Å². The molecule has 1 aliphatic rings. The van der Waals surface area contributed by atoms with Gasteiger partial charge in [-0.15, -0.1) is 0 Å². The highest BCUT2D eigenvalue weighted by Crippen LogP contribution is 2.53. The molecule has 0 saturated carbocycles. The molecule has 5 rings (SSSR count). The van der Waals surface area contributed by atoms with Crippen LogP contribution in [0, 0.1) is 0 Å². The Morgan fingerprint density at radius 2 is 1.38 bits per heavy atom. The number of hydrogen-bond donors (Lipinski definition) is 1. The average Bonchev–Trinajstić information content (AvgIpc) is 2.95. The van der Waals surface area contributed by atoms with E-state index in [2.05, 4.69) is 81.4 Å². The number of phenolic OH excluding ortho intramolecular Hbond substituents is 1. The molecule has 2 nitrogen and oxygen atoms in total. The zero-order valence-electron chi connectivity index (χ0n) is 17.3. The molecule has 144 valence electrons. The molecule has 1 aliphatic carbocycles. The van der Waals surface area contributed by atoms with Crippen molar-refractivity contribution in [2.24, 2.45) is 0 Å². The van der Waals surface area contributed by atoms with Gasteiger partial charge in [-0.2, -0.15) is 0 Å². The highest BCUT2D eigenvalue weighted by atomic mass is 16.3. The minimum absolute atomic E-state index is 0.161. The van der Waals surface area contributed by atoms with Gasteiger partial charge in [0.05, 0.1) is 0 Å². The van der Waals surface area contributed by atoms with E-state index in [9.17, 15) is 5.11 Å². The molecule has 0 amide bonds.